The zero-order valence-electron chi connectivity index (χ0n) is 15.3. The molecule has 0 radical (unpaired) electrons. The second-order valence-electron chi connectivity index (χ2n) is 6.86. The highest BCUT2D eigenvalue weighted by Gasteiger charge is 2.38. The fraction of sp³-hybridized carbons (Fsp3) is 0.650. The Hall–Kier alpha value is -0.820. The first-order valence-electron chi connectivity index (χ1n) is 9.38. The summed E-state index contributed by atoms with van der Waals surface area (Å²) in [7, 11) is 1.64. The van der Waals surface area contributed by atoms with Gasteiger partial charge >= 0.3 is 6.09 Å². The number of amides is 1. The van der Waals surface area contributed by atoms with E-state index in [-0.39, 0.29) is 18.2 Å². The van der Waals surface area contributed by atoms with Crippen molar-refractivity contribution in [2.45, 2.75) is 76.5 Å². The van der Waals surface area contributed by atoms with Gasteiger partial charge in [0, 0.05) is 22.6 Å². The standard InChI is InChI=1S/C20H30INO3/c1-3-4-5-14-19(25-2)22(20(23)24)18-13-9-7-11-16(18)15-10-6-8-12-17(15)21/h6,8,10,12,16,18-19H,3-5,7,9,11,13-14H2,1-2H3,(H,23,24)/t16-,18-,19?/m0/s1. The largest absolute Gasteiger partial charge is 0.465 e. The molecule has 1 aliphatic carbocycles. The van der Waals surface area contributed by atoms with E-state index in [0.29, 0.717) is 0 Å². The first-order valence-corrected chi connectivity index (χ1v) is 10.5. The third-order valence-corrected chi connectivity index (χ3v) is 6.23. The van der Waals surface area contributed by atoms with Crippen molar-refractivity contribution in [3.8, 4) is 0 Å². The molecule has 0 aliphatic heterocycles. The Morgan fingerprint density at radius 3 is 2.68 bits per heavy atom. The third kappa shape index (κ3) is 5.33. The lowest BCUT2D eigenvalue weighted by Gasteiger charge is -2.42. The lowest BCUT2D eigenvalue weighted by atomic mass is 9.79. The molecule has 1 unspecified atom stereocenters. The van der Waals surface area contributed by atoms with Crippen molar-refractivity contribution in [1.29, 1.82) is 0 Å². The highest BCUT2D eigenvalue weighted by Crippen LogP contribution is 2.39. The van der Waals surface area contributed by atoms with E-state index in [2.05, 4.69) is 47.7 Å². The van der Waals surface area contributed by atoms with Gasteiger partial charge in [-0.25, -0.2) is 4.79 Å². The van der Waals surface area contributed by atoms with Crippen LogP contribution in [0.15, 0.2) is 24.3 Å². The smallest absolute Gasteiger partial charge is 0.409 e. The van der Waals surface area contributed by atoms with Gasteiger partial charge in [0.05, 0.1) is 0 Å². The van der Waals surface area contributed by atoms with Crippen molar-refractivity contribution < 1.29 is 14.6 Å². The summed E-state index contributed by atoms with van der Waals surface area (Å²) in [4.78, 5) is 13.8. The molecule has 1 aromatic rings. The molecule has 4 nitrogen and oxygen atoms in total. The van der Waals surface area contributed by atoms with Gasteiger partial charge in [-0.3, -0.25) is 4.90 Å². The maximum absolute atomic E-state index is 12.1. The van der Waals surface area contributed by atoms with Crippen molar-refractivity contribution >= 4 is 28.7 Å². The SMILES string of the molecule is CCCCCC(OC)N(C(=O)O)[C@H]1CCCC[C@H]1c1ccccc1I. The molecule has 1 amide bonds. The molecule has 0 heterocycles. The number of methoxy groups -OCH3 is 1. The number of hydrogen-bond acceptors (Lipinski definition) is 2. The molecule has 1 saturated carbocycles. The highest BCUT2D eigenvalue weighted by atomic mass is 127. The van der Waals surface area contributed by atoms with Crippen LogP contribution in [0.4, 0.5) is 4.79 Å². The molecule has 1 N–H and O–H groups in total. The van der Waals surface area contributed by atoms with E-state index in [9.17, 15) is 9.90 Å². The summed E-state index contributed by atoms with van der Waals surface area (Å²) in [5.74, 6) is 0.252. The molecule has 0 aromatic heterocycles. The summed E-state index contributed by atoms with van der Waals surface area (Å²) in [6.07, 6.45) is 6.99. The normalized spacial score (nSPS) is 21.7. The second-order valence-corrected chi connectivity index (χ2v) is 8.02. The Labute approximate surface area is 165 Å². The molecule has 0 spiro atoms. The summed E-state index contributed by atoms with van der Waals surface area (Å²) in [6, 6.07) is 8.36. The van der Waals surface area contributed by atoms with Gasteiger partial charge in [-0.15, -0.1) is 0 Å². The molecule has 140 valence electrons. The number of benzene rings is 1. The molecule has 1 aliphatic rings. The topological polar surface area (TPSA) is 49.8 Å². The average molecular weight is 459 g/mol. The van der Waals surface area contributed by atoms with E-state index >= 15 is 0 Å². The molecule has 3 atom stereocenters. The first-order chi connectivity index (χ1) is 12.1. The van der Waals surface area contributed by atoms with Crippen molar-refractivity contribution in [2.75, 3.05) is 7.11 Å². The average Bonchev–Trinajstić information content (AvgIpc) is 2.61. The third-order valence-electron chi connectivity index (χ3n) is 5.25. The lowest BCUT2D eigenvalue weighted by Crippen LogP contribution is -2.51. The van der Waals surface area contributed by atoms with Crippen LogP contribution in [-0.4, -0.2) is 35.5 Å². The van der Waals surface area contributed by atoms with Crippen LogP contribution in [0.2, 0.25) is 0 Å². The number of carbonyl (C=O) groups is 1. The predicted octanol–water partition coefficient (Wildman–Crippen LogP) is 5.85. The zero-order chi connectivity index (χ0) is 18.2. The maximum Gasteiger partial charge on any atom is 0.409 e. The fourth-order valence-corrected chi connectivity index (χ4v) is 4.79. The van der Waals surface area contributed by atoms with E-state index in [1.165, 1.54) is 9.13 Å². The molecule has 0 saturated heterocycles. The van der Waals surface area contributed by atoms with Crippen LogP contribution < -0.4 is 0 Å². The number of halogens is 1. The highest BCUT2D eigenvalue weighted by molar-refractivity contribution is 14.1. The van der Waals surface area contributed by atoms with Gasteiger partial charge in [0.15, 0.2) is 0 Å². The molecule has 1 fully saturated rings. The second kappa shape index (κ2) is 10.4. The maximum atomic E-state index is 12.1. The van der Waals surface area contributed by atoms with E-state index in [1.54, 1.807) is 12.0 Å². The number of rotatable bonds is 8. The molecule has 2 rings (SSSR count). The van der Waals surface area contributed by atoms with Crippen LogP contribution in [-0.2, 0) is 4.74 Å². The zero-order valence-corrected chi connectivity index (χ0v) is 17.4. The Balaban J connectivity index is 2.26. The van der Waals surface area contributed by atoms with Crippen LogP contribution in [0, 0.1) is 3.57 Å². The predicted molar refractivity (Wildman–Crippen MR) is 109 cm³/mol. The van der Waals surface area contributed by atoms with Gasteiger partial charge in [0.1, 0.15) is 6.23 Å². The van der Waals surface area contributed by atoms with Gasteiger partial charge in [-0.05, 0) is 59.9 Å². The number of nitrogens with zero attached hydrogens (tertiary/aromatic N) is 1. The van der Waals surface area contributed by atoms with Crippen LogP contribution in [0.5, 0.6) is 0 Å². The fourth-order valence-electron chi connectivity index (χ4n) is 4.00. The number of unbranched alkanes of at least 4 members (excludes halogenated alkanes) is 2. The molecular formula is C20H30INO3. The number of ether oxygens (including phenoxy) is 1. The van der Waals surface area contributed by atoms with Crippen LogP contribution in [0.1, 0.15) is 69.8 Å². The van der Waals surface area contributed by atoms with Gasteiger partial charge in [-0.2, -0.15) is 0 Å². The summed E-state index contributed by atoms with van der Waals surface area (Å²) in [6.45, 7) is 2.16. The van der Waals surface area contributed by atoms with Crippen molar-refractivity contribution in [2.24, 2.45) is 0 Å². The molecule has 5 heteroatoms. The van der Waals surface area contributed by atoms with E-state index < -0.39 is 6.09 Å². The van der Waals surface area contributed by atoms with Gasteiger partial charge in [-0.1, -0.05) is 50.8 Å². The van der Waals surface area contributed by atoms with E-state index in [1.807, 2.05) is 6.07 Å². The number of carboxylic acid groups (broad SMARTS) is 1. The van der Waals surface area contributed by atoms with Crippen molar-refractivity contribution in [3.05, 3.63) is 33.4 Å². The minimum Gasteiger partial charge on any atom is -0.465 e. The Morgan fingerprint density at radius 2 is 2.04 bits per heavy atom. The van der Waals surface area contributed by atoms with Gasteiger partial charge in [0.25, 0.3) is 0 Å². The van der Waals surface area contributed by atoms with Crippen LogP contribution in [0.3, 0.4) is 0 Å². The van der Waals surface area contributed by atoms with Crippen molar-refractivity contribution in [1.82, 2.24) is 4.90 Å². The summed E-state index contributed by atoms with van der Waals surface area (Å²) < 4.78 is 6.86. The van der Waals surface area contributed by atoms with E-state index in [4.69, 9.17) is 4.74 Å². The molecule has 1 aromatic carbocycles. The summed E-state index contributed by atoms with van der Waals surface area (Å²) >= 11 is 2.37. The summed E-state index contributed by atoms with van der Waals surface area (Å²) in [5.41, 5.74) is 1.28. The van der Waals surface area contributed by atoms with Gasteiger partial charge < -0.3 is 9.84 Å². The molecule has 25 heavy (non-hydrogen) atoms. The Kier molecular flexibility index (Phi) is 8.49. The number of hydrogen-bond donors (Lipinski definition) is 1. The quantitative estimate of drug-likeness (QED) is 0.302. The Morgan fingerprint density at radius 1 is 1.32 bits per heavy atom. The lowest BCUT2D eigenvalue weighted by molar-refractivity contribution is -0.0571. The minimum atomic E-state index is -0.855. The summed E-state index contributed by atoms with van der Waals surface area (Å²) in [5, 5.41) is 9.96. The van der Waals surface area contributed by atoms with Crippen LogP contribution >= 0.6 is 22.6 Å². The first kappa shape index (κ1) is 20.5. The Bertz CT molecular complexity index is 551. The van der Waals surface area contributed by atoms with E-state index in [0.717, 1.165) is 51.4 Å². The van der Waals surface area contributed by atoms with Crippen molar-refractivity contribution in [3.63, 3.8) is 0 Å². The van der Waals surface area contributed by atoms with Crippen LogP contribution in [0.25, 0.3) is 0 Å². The molecular weight excluding hydrogens is 429 g/mol. The minimum absolute atomic E-state index is 0.00579. The molecule has 0 bridgehead atoms. The monoisotopic (exact) mass is 459 g/mol. The van der Waals surface area contributed by atoms with Gasteiger partial charge in [0.2, 0.25) is 0 Å².